The van der Waals surface area contributed by atoms with Crippen molar-refractivity contribution >= 4 is 35.2 Å². The molecule has 0 aromatic rings. The summed E-state index contributed by atoms with van der Waals surface area (Å²) >= 11 is 0. The Morgan fingerprint density at radius 2 is 0.559 bits per heavy atom. The highest BCUT2D eigenvalue weighted by Gasteiger charge is 2.38. The largest absolute Gasteiger partial charge is 0.500 e. The molecule has 0 aliphatic carbocycles. The molecule has 0 rings (SSSR count). The summed E-state index contributed by atoms with van der Waals surface area (Å²) in [4.78, 5) is 0. The Hall–Kier alpha value is 0.508. The molecule has 0 saturated heterocycles. The van der Waals surface area contributed by atoms with Crippen LogP contribution in [0.25, 0.3) is 0 Å². The standard InChI is InChI=1S/C21H51O9Si4/c1-22-32(23-2,24-3)19-13-10-16-31(17-11-14-20-33(25-4,26-5)27-6)18-12-15-21-34(28-7,29-8)30-9/h10-21H2,1-9H3. The van der Waals surface area contributed by atoms with Crippen LogP contribution < -0.4 is 0 Å². The van der Waals surface area contributed by atoms with Crippen LogP contribution in [0.1, 0.15) is 38.5 Å². The van der Waals surface area contributed by atoms with Crippen molar-refractivity contribution in [3.63, 3.8) is 0 Å². The van der Waals surface area contributed by atoms with Gasteiger partial charge in [0, 0.05) is 90.9 Å². The fourth-order valence-corrected chi connectivity index (χ4v) is 12.6. The Morgan fingerprint density at radius 1 is 0.353 bits per heavy atom. The van der Waals surface area contributed by atoms with E-state index >= 15 is 0 Å². The monoisotopic (exact) mass is 559 g/mol. The number of hydrogen-bond donors (Lipinski definition) is 0. The van der Waals surface area contributed by atoms with Gasteiger partial charge in [-0.2, -0.15) is 0 Å². The van der Waals surface area contributed by atoms with Crippen molar-refractivity contribution in [3.8, 4) is 0 Å². The zero-order chi connectivity index (χ0) is 25.9. The van der Waals surface area contributed by atoms with Crippen LogP contribution in [0.5, 0.6) is 0 Å². The van der Waals surface area contributed by atoms with E-state index in [2.05, 4.69) is 0 Å². The molecule has 0 atom stereocenters. The molecule has 0 amide bonds. The van der Waals surface area contributed by atoms with Crippen molar-refractivity contribution in [3.05, 3.63) is 0 Å². The van der Waals surface area contributed by atoms with Gasteiger partial charge in [-0.25, -0.2) is 0 Å². The third-order valence-corrected chi connectivity index (χ3v) is 18.3. The molecule has 0 aliphatic rings. The summed E-state index contributed by atoms with van der Waals surface area (Å²) in [7, 11) is 7.21. The lowest BCUT2D eigenvalue weighted by atomic mass is 10.4. The summed E-state index contributed by atoms with van der Waals surface area (Å²) in [6.07, 6.45) is 6.73. The second-order valence-electron chi connectivity index (χ2n) is 8.26. The van der Waals surface area contributed by atoms with Crippen LogP contribution in [0.3, 0.4) is 0 Å². The molecule has 0 N–H and O–H groups in total. The molecule has 0 spiro atoms. The number of rotatable bonds is 24. The quantitative estimate of drug-likeness (QED) is 0.126. The molecule has 0 fully saturated rings. The molecule has 0 heterocycles. The number of hydrogen-bond acceptors (Lipinski definition) is 9. The summed E-state index contributed by atoms with van der Waals surface area (Å²) in [5.41, 5.74) is 0. The topological polar surface area (TPSA) is 83.1 Å². The van der Waals surface area contributed by atoms with E-state index in [1.54, 1.807) is 64.0 Å². The minimum absolute atomic E-state index is 0.477. The van der Waals surface area contributed by atoms with Crippen LogP contribution in [0.15, 0.2) is 0 Å². The molecule has 0 aliphatic heterocycles. The van der Waals surface area contributed by atoms with E-state index in [0.29, 0.717) is 0 Å². The highest BCUT2D eigenvalue weighted by Crippen LogP contribution is 2.25. The maximum atomic E-state index is 5.57. The predicted octanol–water partition coefficient (Wildman–Crippen LogP) is 4.46. The third kappa shape index (κ3) is 12.2. The van der Waals surface area contributed by atoms with Crippen molar-refractivity contribution in [1.82, 2.24) is 0 Å². The lowest BCUT2D eigenvalue weighted by Crippen LogP contribution is -2.42. The minimum atomic E-state index is -2.48. The van der Waals surface area contributed by atoms with Gasteiger partial charge in [-0.15, -0.1) is 0 Å². The molecule has 34 heavy (non-hydrogen) atoms. The van der Waals surface area contributed by atoms with Gasteiger partial charge in [0.2, 0.25) is 0 Å². The number of unbranched alkanes of at least 4 members (excludes halogenated alkanes) is 3. The maximum absolute atomic E-state index is 5.57. The van der Waals surface area contributed by atoms with Gasteiger partial charge in [0.25, 0.3) is 0 Å². The third-order valence-electron chi connectivity index (χ3n) is 6.59. The molecule has 0 unspecified atom stereocenters. The second kappa shape index (κ2) is 19.6. The Morgan fingerprint density at radius 3 is 0.735 bits per heavy atom. The summed E-state index contributed by atoms with van der Waals surface area (Å²) in [5.74, 6) is 0. The van der Waals surface area contributed by atoms with Crippen LogP contribution in [0, 0.1) is 0 Å². The van der Waals surface area contributed by atoms with E-state index < -0.39 is 35.2 Å². The maximum Gasteiger partial charge on any atom is 0.500 e. The van der Waals surface area contributed by atoms with Crippen molar-refractivity contribution in [2.24, 2.45) is 0 Å². The van der Waals surface area contributed by atoms with Gasteiger partial charge < -0.3 is 39.8 Å². The molecule has 13 heteroatoms. The van der Waals surface area contributed by atoms with Gasteiger partial charge in [0.1, 0.15) is 0 Å². The molecule has 0 bridgehead atoms. The van der Waals surface area contributed by atoms with Gasteiger partial charge >= 0.3 is 26.4 Å². The van der Waals surface area contributed by atoms with Crippen molar-refractivity contribution in [1.29, 1.82) is 0 Å². The Balaban J connectivity index is 4.73. The zero-order valence-corrected chi connectivity index (χ0v) is 27.2. The van der Waals surface area contributed by atoms with E-state index in [1.807, 2.05) is 0 Å². The normalized spacial score (nSPS) is 13.2. The van der Waals surface area contributed by atoms with Crippen molar-refractivity contribution in [2.45, 2.75) is 74.8 Å². The average molecular weight is 560 g/mol. The summed E-state index contributed by atoms with van der Waals surface area (Å²) in [6.45, 7) is 0. The fraction of sp³-hybridized carbons (Fsp3) is 1.00. The van der Waals surface area contributed by atoms with Crippen molar-refractivity contribution in [2.75, 3.05) is 64.0 Å². The second-order valence-corrected chi connectivity index (χ2v) is 20.5. The highest BCUT2D eigenvalue weighted by molar-refractivity contribution is 6.61. The van der Waals surface area contributed by atoms with Gasteiger partial charge in [-0.1, -0.05) is 37.4 Å². The van der Waals surface area contributed by atoms with Crippen LogP contribution in [-0.4, -0.2) is 99.2 Å². The zero-order valence-electron chi connectivity index (χ0n) is 23.2. The van der Waals surface area contributed by atoms with Crippen LogP contribution in [0.4, 0.5) is 0 Å². The average Bonchev–Trinajstić information content (AvgIpc) is 2.89. The van der Waals surface area contributed by atoms with E-state index in [1.165, 1.54) is 37.4 Å². The van der Waals surface area contributed by atoms with Crippen molar-refractivity contribution < 1.29 is 39.8 Å². The summed E-state index contributed by atoms with van der Waals surface area (Å²) in [5, 5.41) is 0. The first-order chi connectivity index (χ1) is 16.3. The Bertz CT molecular complexity index is 388. The van der Waals surface area contributed by atoms with Crippen LogP contribution >= 0.6 is 0 Å². The van der Waals surface area contributed by atoms with Gasteiger partial charge in [0.15, 0.2) is 0 Å². The SMILES string of the molecule is CO[Si](CCCC[Si](CCCC[Si](OC)(OC)OC)CCCC[Si](OC)(OC)OC)(OC)OC. The van der Waals surface area contributed by atoms with Gasteiger partial charge in [-0.3, -0.25) is 0 Å². The molecule has 205 valence electrons. The summed E-state index contributed by atoms with van der Waals surface area (Å²) in [6, 6.07) is 6.44. The van der Waals surface area contributed by atoms with Gasteiger partial charge in [-0.05, 0) is 19.3 Å². The highest BCUT2D eigenvalue weighted by atomic mass is 28.4. The molecular formula is C21H51O9Si4. The molecule has 9 nitrogen and oxygen atoms in total. The van der Waals surface area contributed by atoms with E-state index in [0.717, 1.165) is 37.4 Å². The lowest BCUT2D eigenvalue weighted by Gasteiger charge is -2.25. The molecule has 0 saturated carbocycles. The van der Waals surface area contributed by atoms with Gasteiger partial charge in [0.05, 0.1) is 0 Å². The van der Waals surface area contributed by atoms with E-state index in [4.69, 9.17) is 39.8 Å². The first-order valence-corrected chi connectivity index (χ1v) is 20.0. The lowest BCUT2D eigenvalue weighted by molar-refractivity contribution is 0.122. The van der Waals surface area contributed by atoms with Crippen LogP contribution in [-0.2, 0) is 39.8 Å². The van der Waals surface area contributed by atoms with E-state index in [-0.39, 0.29) is 0 Å². The smallest absolute Gasteiger partial charge is 0.377 e. The van der Waals surface area contributed by atoms with Crippen LogP contribution in [0.2, 0.25) is 36.3 Å². The molecule has 1 radical (unpaired) electrons. The first-order valence-electron chi connectivity index (χ1n) is 12.1. The Labute approximate surface area is 213 Å². The summed E-state index contributed by atoms with van der Waals surface area (Å²) < 4.78 is 50.1. The van der Waals surface area contributed by atoms with E-state index in [9.17, 15) is 0 Å². The predicted molar refractivity (Wildman–Crippen MR) is 143 cm³/mol. The first kappa shape index (κ1) is 34.5. The fourth-order valence-electron chi connectivity index (χ4n) is 4.19. The minimum Gasteiger partial charge on any atom is -0.377 e. The molecule has 0 aromatic heterocycles. The Kier molecular flexibility index (Phi) is 19.9. The molecular weight excluding hydrogens is 509 g/mol. The molecule has 0 aromatic carbocycles.